The van der Waals surface area contributed by atoms with Gasteiger partial charge < -0.3 is 14.2 Å². The molecule has 0 fully saturated rings. The highest BCUT2D eigenvalue weighted by Gasteiger charge is 2.18. The molecule has 6 heteroatoms. The van der Waals surface area contributed by atoms with Crippen LogP contribution in [0.2, 0.25) is 0 Å². The summed E-state index contributed by atoms with van der Waals surface area (Å²) < 4.78 is 15.3. The molecular weight excluding hydrogens is 272 g/mol. The Balaban J connectivity index is 2.49. The van der Waals surface area contributed by atoms with Crippen molar-refractivity contribution in [2.45, 2.75) is 0 Å². The van der Waals surface area contributed by atoms with Crippen molar-refractivity contribution in [3.63, 3.8) is 0 Å². The minimum absolute atomic E-state index is 0.340. The van der Waals surface area contributed by atoms with Gasteiger partial charge in [0, 0.05) is 12.3 Å². The fraction of sp³-hybridized carbons (Fsp3) is 0.267. The highest BCUT2D eigenvalue weighted by atomic mass is 16.5. The zero-order chi connectivity index (χ0) is 15.2. The Morgan fingerprint density at radius 1 is 1.19 bits per heavy atom. The van der Waals surface area contributed by atoms with Crippen LogP contribution in [0.15, 0.2) is 28.2 Å². The lowest BCUT2D eigenvalue weighted by Crippen LogP contribution is -2.07. The van der Waals surface area contributed by atoms with Crippen molar-refractivity contribution < 1.29 is 19.0 Å². The standard InChI is InChI=1S/C15H16N2O4/c1-19-12-6-10(4-5-11-8-16-9-17-11)14(15(18)21-3)13(7-12)20-2/h4-8H,9H2,1-3H3/b5-4+. The summed E-state index contributed by atoms with van der Waals surface area (Å²) in [7, 11) is 4.36. The van der Waals surface area contributed by atoms with Crippen LogP contribution in [0.25, 0.3) is 6.08 Å². The van der Waals surface area contributed by atoms with Gasteiger partial charge in [-0.3, -0.25) is 9.98 Å². The molecule has 0 radical (unpaired) electrons. The molecule has 0 saturated carbocycles. The molecular formula is C15H16N2O4. The number of esters is 1. The topological polar surface area (TPSA) is 69.5 Å². The molecule has 21 heavy (non-hydrogen) atoms. The minimum Gasteiger partial charge on any atom is -0.497 e. The SMILES string of the molecule is COC(=O)c1c(/C=C/C2=NCN=C2)cc(OC)cc1OC. The van der Waals surface area contributed by atoms with Gasteiger partial charge in [0.2, 0.25) is 0 Å². The van der Waals surface area contributed by atoms with Gasteiger partial charge in [0.25, 0.3) is 0 Å². The molecule has 0 unspecified atom stereocenters. The van der Waals surface area contributed by atoms with Crippen molar-refractivity contribution in [1.29, 1.82) is 0 Å². The molecule has 0 atom stereocenters. The molecule has 0 bridgehead atoms. The zero-order valence-electron chi connectivity index (χ0n) is 12.1. The van der Waals surface area contributed by atoms with Crippen molar-refractivity contribution in [3.05, 3.63) is 29.3 Å². The number of rotatable bonds is 5. The normalized spacial score (nSPS) is 13.4. The quantitative estimate of drug-likeness (QED) is 0.777. The second kappa shape index (κ2) is 6.69. The van der Waals surface area contributed by atoms with Gasteiger partial charge in [0.1, 0.15) is 23.7 Å². The van der Waals surface area contributed by atoms with Crippen LogP contribution in [0.3, 0.4) is 0 Å². The van der Waals surface area contributed by atoms with Crippen molar-refractivity contribution >= 4 is 24.0 Å². The van der Waals surface area contributed by atoms with Gasteiger partial charge in [-0.1, -0.05) is 6.08 Å². The maximum atomic E-state index is 12.0. The molecule has 0 N–H and O–H groups in total. The number of hydrogen-bond donors (Lipinski definition) is 0. The van der Waals surface area contributed by atoms with Gasteiger partial charge in [-0.25, -0.2) is 4.79 Å². The monoisotopic (exact) mass is 288 g/mol. The Bertz CT molecular complexity index is 633. The van der Waals surface area contributed by atoms with E-state index in [0.717, 1.165) is 5.71 Å². The molecule has 0 amide bonds. The average molecular weight is 288 g/mol. The van der Waals surface area contributed by atoms with E-state index in [4.69, 9.17) is 14.2 Å². The van der Waals surface area contributed by atoms with Gasteiger partial charge in [-0.05, 0) is 17.7 Å². The number of hydrogen-bond acceptors (Lipinski definition) is 6. The Morgan fingerprint density at radius 2 is 2.00 bits per heavy atom. The molecule has 1 aliphatic rings. The van der Waals surface area contributed by atoms with Crippen LogP contribution in [0.5, 0.6) is 11.5 Å². The third kappa shape index (κ3) is 3.28. The molecule has 1 heterocycles. The van der Waals surface area contributed by atoms with E-state index >= 15 is 0 Å². The number of aliphatic imine (C=N–C) groups is 2. The molecule has 1 aromatic rings. The first-order valence-electron chi connectivity index (χ1n) is 6.26. The molecule has 0 spiro atoms. The van der Waals surface area contributed by atoms with E-state index < -0.39 is 5.97 Å². The molecule has 0 saturated heterocycles. The predicted octanol–water partition coefficient (Wildman–Crippen LogP) is 1.99. The van der Waals surface area contributed by atoms with Crippen LogP contribution < -0.4 is 9.47 Å². The fourth-order valence-electron chi connectivity index (χ4n) is 1.91. The number of ether oxygens (including phenoxy) is 3. The molecule has 0 aliphatic carbocycles. The van der Waals surface area contributed by atoms with Crippen LogP contribution in [-0.2, 0) is 4.74 Å². The number of carbonyl (C=O) groups is 1. The van der Waals surface area contributed by atoms with Gasteiger partial charge in [-0.15, -0.1) is 0 Å². The van der Waals surface area contributed by atoms with Gasteiger partial charge in [0.15, 0.2) is 0 Å². The largest absolute Gasteiger partial charge is 0.497 e. The van der Waals surface area contributed by atoms with Crippen LogP contribution in [0.1, 0.15) is 15.9 Å². The van der Waals surface area contributed by atoms with Gasteiger partial charge in [0.05, 0.1) is 27.0 Å². The van der Waals surface area contributed by atoms with E-state index in [1.54, 1.807) is 37.6 Å². The van der Waals surface area contributed by atoms with E-state index in [0.29, 0.717) is 29.3 Å². The molecule has 1 aromatic carbocycles. The second-order valence-corrected chi connectivity index (χ2v) is 4.15. The first-order valence-corrected chi connectivity index (χ1v) is 6.26. The van der Waals surface area contributed by atoms with Crippen molar-refractivity contribution in [3.8, 4) is 11.5 Å². The Hall–Kier alpha value is -2.63. The zero-order valence-corrected chi connectivity index (χ0v) is 12.1. The molecule has 0 aromatic heterocycles. The Morgan fingerprint density at radius 3 is 2.57 bits per heavy atom. The van der Waals surface area contributed by atoms with Crippen molar-refractivity contribution in [2.24, 2.45) is 9.98 Å². The van der Waals surface area contributed by atoms with E-state index in [2.05, 4.69) is 9.98 Å². The third-order valence-corrected chi connectivity index (χ3v) is 2.94. The number of nitrogens with zero attached hydrogens (tertiary/aromatic N) is 2. The first-order chi connectivity index (χ1) is 10.2. The number of benzene rings is 1. The molecule has 1 aliphatic heterocycles. The van der Waals surface area contributed by atoms with Crippen molar-refractivity contribution in [2.75, 3.05) is 28.0 Å². The predicted molar refractivity (Wildman–Crippen MR) is 80.7 cm³/mol. The maximum absolute atomic E-state index is 12.0. The summed E-state index contributed by atoms with van der Waals surface area (Å²) in [5, 5.41) is 0. The smallest absolute Gasteiger partial charge is 0.342 e. The highest BCUT2D eigenvalue weighted by molar-refractivity contribution is 6.37. The van der Waals surface area contributed by atoms with Crippen LogP contribution in [0, 0.1) is 0 Å². The minimum atomic E-state index is -0.476. The van der Waals surface area contributed by atoms with Crippen LogP contribution >= 0.6 is 0 Å². The number of methoxy groups -OCH3 is 3. The van der Waals surface area contributed by atoms with Gasteiger partial charge in [-0.2, -0.15) is 0 Å². The number of allylic oxidation sites excluding steroid dienone is 1. The summed E-state index contributed by atoms with van der Waals surface area (Å²) in [6.45, 7) is 0.435. The lowest BCUT2D eigenvalue weighted by molar-refractivity contribution is 0.0597. The maximum Gasteiger partial charge on any atom is 0.342 e. The second-order valence-electron chi connectivity index (χ2n) is 4.15. The summed E-state index contributed by atoms with van der Waals surface area (Å²) in [4.78, 5) is 20.1. The van der Waals surface area contributed by atoms with Crippen molar-refractivity contribution in [1.82, 2.24) is 0 Å². The van der Waals surface area contributed by atoms with E-state index in [1.165, 1.54) is 14.2 Å². The molecule has 2 rings (SSSR count). The van der Waals surface area contributed by atoms with Crippen LogP contribution in [0.4, 0.5) is 0 Å². The summed E-state index contributed by atoms with van der Waals surface area (Å²) in [5.41, 5.74) is 1.71. The summed E-state index contributed by atoms with van der Waals surface area (Å²) in [5.74, 6) is 0.500. The fourth-order valence-corrected chi connectivity index (χ4v) is 1.91. The van der Waals surface area contributed by atoms with E-state index in [-0.39, 0.29) is 0 Å². The van der Waals surface area contributed by atoms with E-state index in [9.17, 15) is 4.79 Å². The lowest BCUT2D eigenvalue weighted by Gasteiger charge is -2.12. The third-order valence-electron chi connectivity index (χ3n) is 2.94. The summed E-state index contributed by atoms with van der Waals surface area (Å²) >= 11 is 0. The highest BCUT2D eigenvalue weighted by Crippen LogP contribution is 2.30. The van der Waals surface area contributed by atoms with Gasteiger partial charge >= 0.3 is 5.97 Å². The average Bonchev–Trinajstić information content (AvgIpc) is 3.04. The molecule has 6 nitrogen and oxygen atoms in total. The Kier molecular flexibility index (Phi) is 4.71. The van der Waals surface area contributed by atoms with E-state index in [1.807, 2.05) is 0 Å². The van der Waals surface area contributed by atoms with Crippen LogP contribution in [-0.4, -0.2) is 45.9 Å². The lowest BCUT2D eigenvalue weighted by atomic mass is 10.0. The number of carbonyl (C=O) groups excluding carboxylic acids is 1. The summed E-state index contributed by atoms with van der Waals surface area (Å²) in [6, 6.07) is 3.37. The molecule has 110 valence electrons. The first kappa shape index (κ1) is 14.8. The summed E-state index contributed by atoms with van der Waals surface area (Å²) in [6.07, 6.45) is 5.20. The Labute approximate surface area is 122 Å².